The lowest BCUT2D eigenvalue weighted by Crippen LogP contribution is -1.85. The van der Waals surface area contributed by atoms with Crippen LogP contribution >= 0.6 is 0 Å². The van der Waals surface area contributed by atoms with Crippen molar-refractivity contribution in [3.05, 3.63) is 28.6 Å². The largest absolute Gasteiger partial charge is 0.307 e. The molecule has 0 saturated carbocycles. The minimum atomic E-state index is -0.469. The Morgan fingerprint density at radius 3 is 3.08 bits per heavy atom. The molecule has 0 spiro atoms. The van der Waals surface area contributed by atoms with Crippen LogP contribution < -0.4 is 0 Å². The number of allylic oxidation sites excluding steroid dienone is 1. The molecule has 5 nitrogen and oxygen atoms in total. The zero-order chi connectivity index (χ0) is 8.97. The molecule has 0 amide bonds. The molecule has 0 aliphatic heterocycles. The molecule has 5 heteroatoms. The van der Waals surface area contributed by atoms with Crippen molar-refractivity contribution in [3.63, 3.8) is 0 Å². The molecule has 0 aliphatic rings. The molecule has 1 aromatic heterocycles. The number of nitro groups is 1. The van der Waals surface area contributed by atoms with Gasteiger partial charge in [-0.3, -0.25) is 10.1 Å². The summed E-state index contributed by atoms with van der Waals surface area (Å²) in [5.74, 6) is 0. The first-order valence-electron chi connectivity index (χ1n) is 3.59. The molecule has 1 heterocycles. The van der Waals surface area contributed by atoms with E-state index in [4.69, 9.17) is 0 Å². The van der Waals surface area contributed by atoms with E-state index >= 15 is 0 Å². The van der Waals surface area contributed by atoms with Gasteiger partial charge in [0.25, 0.3) is 0 Å². The number of hydrogen-bond donors (Lipinski definition) is 0. The van der Waals surface area contributed by atoms with E-state index in [1.54, 1.807) is 6.20 Å². The Hall–Kier alpha value is -1.65. The Kier molecular flexibility index (Phi) is 2.57. The van der Waals surface area contributed by atoms with E-state index in [1.165, 1.54) is 17.1 Å². The smallest absolute Gasteiger partial charge is 0.258 e. The summed E-state index contributed by atoms with van der Waals surface area (Å²) >= 11 is 0. The van der Waals surface area contributed by atoms with Crippen molar-refractivity contribution < 1.29 is 4.92 Å². The van der Waals surface area contributed by atoms with Crippen molar-refractivity contribution in [2.75, 3.05) is 0 Å². The molecule has 0 atom stereocenters. The first-order chi connectivity index (χ1) is 5.74. The molecule has 0 aromatic carbocycles. The normalized spacial score (nSPS) is 10.8. The third kappa shape index (κ3) is 1.91. The van der Waals surface area contributed by atoms with E-state index in [9.17, 15) is 10.1 Å². The van der Waals surface area contributed by atoms with Gasteiger partial charge in [0.05, 0.1) is 4.92 Å². The van der Waals surface area contributed by atoms with Crippen molar-refractivity contribution in [1.29, 1.82) is 0 Å². The van der Waals surface area contributed by atoms with Gasteiger partial charge in [0.15, 0.2) is 0 Å². The van der Waals surface area contributed by atoms with Gasteiger partial charge in [0.2, 0.25) is 0 Å². The molecule has 0 N–H and O–H groups in total. The predicted octanol–water partition coefficient (Wildman–Crippen LogP) is 1.67. The van der Waals surface area contributed by atoms with Crippen molar-refractivity contribution in [3.8, 4) is 0 Å². The summed E-state index contributed by atoms with van der Waals surface area (Å²) in [5.41, 5.74) is 0.00996. The molecule has 64 valence electrons. The molecule has 1 rings (SSSR count). The average Bonchev–Trinajstić information content (AvgIpc) is 2.48. The highest BCUT2D eigenvalue weighted by Crippen LogP contribution is 2.07. The number of aromatic nitrogens is 2. The lowest BCUT2D eigenvalue weighted by Gasteiger charge is -1.85. The quantitative estimate of drug-likeness (QED) is 0.508. The van der Waals surface area contributed by atoms with Gasteiger partial charge in [-0.1, -0.05) is 13.0 Å². The fourth-order valence-corrected chi connectivity index (χ4v) is 0.717. The van der Waals surface area contributed by atoms with Crippen LogP contribution in [0.2, 0.25) is 0 Å². The van der Waals surface area contributed by atoms with E-state index in [1.807, 2.05) is 13.0 Å². The maximum atomic E-state index is 10.2. The van der Waals surface area contributed by atoms with Crippen molar-refractivity contribution in [2.45, 2.75) is 13.3 Å². The molecular formula is C7H9N3O2. The summed E-state index contributed by atoms with van der Waals surface area (Å²) in [5, 5.41) is 14.0. The first kappa shape index (κ1) is 8.45. The van der Waals surface area contributed by atoms with E-state index in [2.05, 4.69) is 5.10 Å². The lowest BCUT2D eigenvalue weighted by atomic mass is 10.5. The van der Waals surface area contributed by atoms with Crippen LogP contribution in [0.4, 0.5) is 5.69 Å². The van der Waals surface area contributed by atoms with Gasteiger partial charge in [-0.2, -0.15) is 5.10 Å². The fourth-order valence-electron chi connectivity index (χ4n) is 0.717. The molecule has 0 radical (unpaired) electrons. The monoisotopic (exact) mass is 167 g/mol. The van der Waals surface area contributed by atoms with Crippen LogP contribution in [-0.4, -0.2) is 14.7 Å². The molecule has 12 heavy (non-hydrogen) atoms. The fraction of sp³-hybridized carbons (Fsp3) is 0.286. The summed E-state index contributed by atoms with van der Waals surface area (Å²) in [6.07, 6.45) is 7.03. The molecule has 0 unspecified atom stereocenters. The highest BCUT2D eigenvalue weighted by molar-refractivity contribution is 5.28. The molecule has 0 aliphatic carbocycles. The van der Waals surface area contributed by atoms with Crippen LogP contribution in [0.1, 0.15) is 13.3 Å². The van der Waals surface area contributed by atoms with Gasteiger partial charge in [-0.25, -0.2) is 4.68 Å². The topological polar surface area (TPSA) is 61.0 Å². The number of hydrogen-bond acceptors (Lipinski definition) is 3. The summed E-state index contributed by atoms with van der Waals surface area (Å²) in [6, 6.07) is 0. The van der Waals surface area contributed by atoms with Crippen molar-refractivity contribution in [1.82, 2.24) is 9.78 Å². The van der Waals surface area contributed by atoms with Crippen LogP contribution in [0.15, 0.2) is 18.5 Å². The van der Waals surface area contributed by atoms with Gasteiger partial charge < -0.3 is 0 Å². The zero-order valence-corrected chi connectivity index (χ0v) is 6.67. The molecule has 0 fully saturated rings. The first-order valence-corrected chi connectivity index (χ1v) is 3.59. The lowest BCUT2D eigenvalue weighted by molar-refractivity contribution is -0.384. The minimum Gasteiger partial charge on any atom is -0.258 e. The Morgan fingerprint density at radius 2 is 2.58 bits per heavy atom. The highest BCUT2D eigenvalue weighted by Gasteiger charge is 2.06. The van der Waals surface area contributed by atoms with E-state index in [0.29, 0.717) is 0 Å². The van der Waals surface area contributed by atoms with E-state index in [0.717, 1.165) is 6.42 Å². The molecule has 0 saturated heterocycles. The molecule has 1 aromatic rings. The number of rotatable bonds is 3. The number of nitrogens with zero attached hydrogens (tertiary/aromatic N) is 3. The van der Waals surface area contributed by atoms with Crippen LogP contribution in [0, 0.1) is 10.1 Å². The summed E-state index contributed by atoms with van der Waals surface area (Å²) in [4.78, 5) is 9.75. The minimum absolute atomic E-state index is 0.00996. The Labute approximate surface area is 69.5 Å². The van der Waals surface area contributed by atoms with Gasteiger partial charge in [0.1, 0.15) is 12.4 Å². The SMILES string of the molecule is CCC=Cn1cc([N+](=O)[O-])cn1. The summed E-state index contributed by atoms with van der Waals surface area (Å²) in [7, 11) is 0. The van der Waals surface area contributed by atoms with Crippen LogP contribution in [0.3, 0.4) is 0 Å². The van der Waals surface area contributed by atoms with Crippen LogP contribution in [0.25, 0.3) is 6.20 Å². The molecular weight excluding hydrogens is 158 g/mol. The maximum Gasteiger partial charge on any atom is 0.307 e. The Bertz CT molecular complexity index is 303. The second-order valence-electron chi connectivity index (χ2n) is 2.23. The van der Waals surface area contributed by atoms with Crippen molar-refractivity contribution >= 4 is 11.9 Å². The summed E-state index contributed by atoms with van der Waals surface area (Å²) in [6.45, 7) is 1.98. The maximum absolute atomic E-state index is 10.2. The van der Waals surface area contributed by atoms with Crippen LogP contribution in [-0.2, 0) is 0 Å². The third-order valence-electron chi connectivity index (χ3n) is 1.29. The Morgan fingerprint density at radius 1 is 1.83 bits per heavy atom. The zero-order valence-electron chi connectivity index (χ0n) is 6.67. The van der Waals surface area contributed by atoms with Crippen molar-refractivity contribution in [2.24, 2.45) is 0 Å². The Balaban J connectivity index is 2.77. The average molecular weight is 167 g/mol. The standard InChI is InChI=1S/C7H9N3O2/c1-2-3-4-9-6-7(5-8-9)10(11)12/h3-6H,2H2,1H3. The second kappa shape index (κ2) is 3.66. The van der Waals surface area contributed by atoms with Gasteiger partial charge in [-0.15, -0.1) is 0 Å². The van der Waals surface area contributed by atoms with Gasteiger partial charge >= 0.3 is 5.69 Å². The highest BCUT2D eigenvalue weighted by atomic mass is 16.6. The second-order valence-corrected chi connectivity index (χ2v) is 2.23. The van der Waals surface area contributed by atoms with E-state index in [-0.39, 0.29) is 5.69 Å². The third-order valence-corrected chi connectivity index (χ3v) is 1.29. The van der Waals surface area contributed by atoms with Gasteiger partial charge in [0, 0.05) is 6.20 Å². The van der Waals surface area contributed by atoms with Crippen LogP contribution in [0.5, 0.6) is 0 Å². The van der Waals surface area contributed by atoms with E-state index < -0.39 is 4.92 Å². The summed E-state index contributed by atoms with van der Waals surface area (Å²) < 4.78 is 1.42. The molecule has 0 bridgehead atoms. The predicted molar refractivity (Wildman–Crippen MR) is 44.5 cm³/mol. The van der Waals surface area contributed by atoms with Gasteiger partial charge in [-0.05, 0) is 6.42 Å².